The fourth-order valence-electron chi connectivity index (χ4n) is 0.151. The maximum atomic E-state index is 10.5. The molecule has 3 heteroatoms. The molecule has 0 saturated heterocycles. The van der Waals surface area contributed by atoms with Crippen LogP contribution in [0.5, 0.6) is 0 Å². The summed E-state index contributed by atoms with van der Waals surface area (Å²) in [5.41, 5.74) is 0. The first-order valence-electron chi connectivity index (χ1n) is 2.74. The summed E-state index contributed by atoms with van der Waals surface area (Å²) in [5, 5.41) is 0. The zero-order chi connectivity index (χ0) is 6.78. The Morgan fingerprint density at radius 2 is 2.00 bits per heavy atom. The Kier molecular flexibility index (Phi) is 3.12. The molecule has 0 bridgehead atoms. The standard InChI is InChI=1S/C5H11.H2O.O.Sn/c1-4-5(2)3;;;/h4H2,1-3H3;1H2;;/q;;;+1/p-1. The Morgan fingerprint density at radius 3 is 2.00 bits per heavy atom. The number of hydrogen-bond acceptors (Lipinski definition) is 1. The minimum absolute atomic E-state index is 0.262. The molecule has 0 heterocycles. The van der Waals surface area contributed by atoms with Crippen molar-refractivity contribution in [1.82, 2.24) is 0 Å². The van der Waals surface area contributed by atoms with E-state index in [2.05, 4.69) is 0 Å². The van der Waals surface area contributed by atoms with Crippen molar-refractivity contribution in [2.45, 2.75) is 30.6 Å². The first-order valence-corrected chi connectivity index (χ1v) is 6.61. The van der Waals surface area contributed by atoms with E-state index in [1.807, 2.05) is 20.8 Å². The predicted molar refractivity (Wildman–Crippen MR) is 33.0 cm³/mol. The van der Waals surface area contributed by atoms with E-state index >= 15 is 0 Å². The molecule has 1 N–H and O–H groups in total. The van der Waals surface area contributed by atoms with Crippen molar-refractivity contribution in [3.8, 4) is 0 Å². The van der Waals surface area contributed by atoms with Crippen molar-refractivity contribution in [2.24, 2.45) is 0 Å². The molecule has 2 nitrogen and oxygen atoms in total. The molecule has 0 radical (unpaired) electrons. The Morgan fingerprint density at radius 1 is 1.62 bits per heavy atom. The summed E-state index contributed by atoms with van der Waals surface area (Å²) >= 11 is -3.13. The monoisotopic (exact) mass is 224 g/mol. The van der Waals surface area contributed by atoms with Gasteiger partial charge in [-0.3, -0.25) is 0 Å². The molecule has 0 aromatic rings. The third-order valence-electron chi connectivity index (χ3n) is 1.46. The van der Waals surface area contributed by atoms with Crippen LogP contribution in [0.1, 0.15) is 27.2 Å². The molecule has 0 aliphatic heterocycles. The van der Waals surface area contributed by atoms with Crippen LogP contribution in [0.4, 0.5) is 0 Å². The van der Waals surface area contributed by atoms with Crippen LogP contribution in [-0.4, -0.2) is 23.6 Å². The Bertz CT molecular complexity index is 98.6. The summed E-state index contributed by atoms with van der Waals surface area (Å²) in [7, 11) is 0. The van der Waals surface area contributed by atoms with Crippen molar-refractivity contribution in [3.63, 3.8) is 0 Å². The summed E-state index contributed by atoms with van der Waals surface area (Å²) in [6.07, 6.45) is 0.807. The van der Waals surface area contributed by atoms with Crippen molar-refractivity contribution >= 4 is 20.2 Å². The second-order valence-corrected chi connectivity index (χ2v) is 8.15. The van der Waals surface area contributed by atoms with Gasteiger partial charge in [0.1, 0.15) is 0 Å². The molecule has 0 aromatic heterocycles. The second kappa shape index (κ2) is 2.92. The SMILES string of the molecule is CC[C](C)(C)[Sn](=[O])[OH]. The molecule has 48 valence electrons. The molecule has 8 heavy (non-hydrogen) atoms. The fraction of sp³-hybridized carbons (Fsp3) is 1.00. The Balaban J connectivity index is 3.91. The van der Waals surface area contributed by atoms with Gasteiger partial charge < -0.3 is 0 Å². The molecule has 0 aromatic carbocycles. The molecule has 0 unspecified atom stereocenters. The van der Waals surface area contributed by atoms with Gasteiger partial charge >= 0.3 is 57.3 Å². The van der Waals surface area contributed by atoms with E-state index in [0.717, 1.165) is 6.42 Å². The van der Waals surface area contributed by atoms with Crippen LogP contribution in [0.15, 0.2) is 0 Å². The molecule has 0 rings (SSSR count). The summed E-state index contributed by atoms with van der Waals surface area (Å²) in [5.74, 6) is 0. The van der Waals surface area contributed by atoms with Gasteiger partial charge in [-0.2, -0.15) is 0 Å². The first kappa shape index (κ1) is 8.56. The van der Waals surface area contributed by atoms with Gasteiger partial charge in [0.15, 0.2) is 0 Å². The van der Waals surface area contributed by atoms with Crippen LogP contribution in [0.3, 0.4) is 0 Å². The van der Waals surface area contributed by atoms with Gasteiger partial charge in [-0.05, 0) is 0 Å². The van der Waals surface area contributed by atoms with Gasteiger partial charge in [-0.25, -0.2) is 0 Å². The van der Waals surface area contributed by atoms with Crippen molar-refractivity contribution in [1.29, 1.82) is 0 Å². The Hall–Kier alpha value is 0.559. The van der Waals surface area contributed by atoms with Crippen LogP contribution in [0.25, 0.3) is 0 Å². The topological polar surface area (TPSA) is 37.3 Å². The number of rotatable bonds is 2. The number of hydrogen-bond donors (Lipinski definition) is 1. The van der Waals surface area contributed by atoms with E-state index in [1.54, 1.807) is 0 Å². The van der Waals surface area contributed by atoms with Gasteiger partial charge in [0.25, 0.3) is 0 Å². The van der Waals surface area contributed by atoms with E-state index < -0.39 is 20.2 Å². The first-order chi connectivity index (χ1) is 3.50. The molecule has 0 atom stereocenters. The fourth-order valence-corrected chi connectivity index (χ4v) is 1.01. The van der Waals surface area contributed by atoms with Gasteiger partial charge in [0, 0.05) is 0 Å². The second-order valence-electron chi connectivity index (χ2n) is 2.54. The van der Waals surface area contributed by atoms with Gasteiger partial charge in [-0.1, -0.05) is 0 Å². The van der Waals surface area contributed by atoms with Crippen LogP contribution in [-0.2, 0) is 3.08 Å². The molecule has 0 aliphatic carbocycles. The zero-order valence-electron chi connectivity index (χ0n) is 5.56. The molecule has 0 amide bonds. The Labute approximate surface area is 57.6 Å². The quantitative estimate of drug-likeness (QED) is 0.711. The van der Waals surface area contributed by atoms with Crippen LogP contribution in [0, 0.1) is 0 Å². The van der Waals surface area contributed by atoms with Crippen LogP contribution >= 0.6 is 0 Å². The van der Waals surface area contributed by atoms with E-state index in [1.165, 1.54) is 0 Å². The third kappa shape index (κ3) is 2.22. The van der Waals surface area contributed by atoms with E-state index in [-0.39, 0.29) is 3.43 Å². The predicted octanol–water partition coefficient (Wildman–Crippen LogP) is 1.09. The summed E-state index contributed by atoms with van der Waals surface area (Å²) in [6.45, 7) is 5.62. The van der Waals surface area contributed by atoms with Crippen molar-refractivity contribution < 1.29 is 6.52 Å². The average molecular weight is 223 g/mol. The third-order valence-corrected chi connectivity index (χ3v) is 5.78. The van der Waals surface area contributed by atoms with Crippen molar-refractivity contribution in [3.05, 3.63) is 0 Å². The summed E-state index contributed by atoms with van der Waals surface area (Å²) < 4.78 is 19.0. The van der Waals surface area contributed by atoms with E-state index in [4.69, 9.17) is 3.44 Å². The molecule has 0 aliphatic rings. The molecular formula is C5H12O2Sn. The molecule has 0 fully saturated rings. The van der Waals surface area contributed by atoms with E-state index in [0.29, 0.717) is 0 Å². The summed E-state index contributed by atoms with van der Waals surface area (Å²) in [4.78, 5) is 0. The van der Waals surface area contributed by atoms with Crippen LogP contribution < -0.4 is 0 Å². The van der Waals surface area contributed by atoms with Gasteiger partial charge in [0.05, 0.1) is 0 Å². The van der Waals surface area contributed by atoms with Gasteiger partial charge in [0.2, 0.25) is 0 Å². The normalized spacial score (nSPS) is 11.5. The summed E-state index contributed by atoms with van der Waals surface area (Å²) in [6, 6.07) is 0. The maximum absolute atomic E-state index is 10.5. The molecule has 0 saturated carbocycles. The van der Waals surface area contributed by atoms with Crippen molar-refractivity contribution in [2.75, 3.05) is 0 Å². The average Bonchev–Trinajstić information content (AvgIpc) is 1.67. The van der Waals surface area contributed by atoms with Gasteiger partial charge in [-0.15, -0.1) is 0 Å². The van der Waals surface area contributed by atoms with E-state index in [9.17, 15) is 3.08 Å². The molecular weight excluding hydrogens is 211 g/mol. The minimum atomic E-state index is -3.13. The zero-order valence-corrected chi connectivity index (χ0v) is 8.42. The molecule has 0 spiro atoms. The van der Waals surface area contributed by atoms with Crippen LogP contribution in [0.2, 0.25) is 3.43 Å².